The van der Waals surface area contributed by atoms with Crippen LogP contribution in [0.25, 0.3) is 0 Å². The second-order valence-electron chi connectivity index (χ2n) is 9.05. The lowest BCUT2D eigenvalue weighted by molar-refractivity contribution is -0.137. The molecule has 0 bridgehead atoms. The molecule has 1 aromatic heterocycles. The minimum Gasteiger partial charge on any atom is -0.342 e. The van der Waals surface area contributed by atoms with E-state index >= 15 is 0 Å². The molecule has 4 heterocycles. The Morgan fingerprint density at radius 2 is 1.83 bits per heavy atom. The number of benzene rings is 1. The average molecular weight is 390 g/mol. The van der Waals surface area contributed by atoms with E-state index < -0.39 is 0 Å². The molecular weight excluding hydrogens is 358 g/mol. The first-order valence-corrected chi connectivity index (χ1v) is 11.3. The molecular formula is C25H31N3O. The number of likely N-dealkylation sites (tertiary alicyclic amines) is 1. The number of amides is 1. The number of carbonyl (C=O) groups is 1. The van der Waals surface area contributed by atoms with Crippen LogP contribution in [0.15, 0.2) is 54.9 Å². The summed E-state index contributed by atoms with van der Waals surface area (Å²) in [6, 6.07) is 15.9. The van der Waals surface area contributed by atoms with Gasteiger partial charge in [-0.2, -0.15) is 0 Å². The van der Waals surface area contributed by atoms with Gasteiger partial charge in [0.2, 0.25) is 5.91 Å². The fourth-order valence-corrected chi connectivity index (χ4v) is 5.88. The minimum atomic E-state index is 0.178. The number of hydrogen-bond donors (Lipinski definition) is 0. The van der Waals surface area contributed by atoms with Crippen LogP contribution in [0.4, 0.5) is 0 Å². The highest BCUT2D eigenvalue weighted by Crippen LogP contribution is 2.45. The zero-order valence-corrected chi connectivity index (χ0v) is 17.1. The van der Waals surface area contributed by atoms with Crippen molar-refractivity contribution in [2.45, 2.75) is 50.6 Å². The average Bonchev–Trinajstić information content (AvgIpc) is 3.38. The summed E-state index contributed by atoms with van der Waals surface area (Å²) in [7, 11) is 0. The molecule has 0 radical (unpaired) electrons. The van der Waals surface area contributed by atoms with Crippen LogP contribution in [0.2, 0.25) is 0 Å². The Morgan fingerprint density at radius 1 is 1.00 bits per heavy atom. The predicted molar refractivity (Wildman–Crippen MR) is 114 cm³/mol. The Morgan fingerprint density at radius 3 is 2.59 bits per heavy atom. The van der Waals surface area contributed by atoms with E-state index in [1.54, 1.807) is 0 Å². The molecule has 3 fully saturated rings. The van der Waals surface area contributed by atoms with E-state index in [0.717, 1.165) is 45.3 Å². The molecule has 152 valence electrons. The van der Waals surface area contributed by atoms with Crippen LogP contribution in [0.3, 0.4) is 0 Å². The second kappa shape index (κ2) is 8.27. The fourth-order valence-electron chi connectivity index (χ4n) is 5.88. The molecule has 4 heteroatoms. The minimum absolute atomic E-state index is 0.178. The molecule has 2 aromatic rings. The van der Waals surface area contributed by atoms with Crippen molar-refractivity contribution in [2.24, 2.45) is 11.8 Å². The van der Waals surface area contributed by atoms with Gasteiger partial charge in [0.05, 0.1) is 5.92 Å². The van der Waals surface area contributed by atoms with Gasteiger partial charge >= 0.3 is 0 Å². The maximum atomic E-state index is 13.5. The molecule has 0 saturated carbocycles. The van der Waals surface area contributed by atoms with Gasteiger partial charge in [0, 0.05) is 37.6 Å². The van der Waals surface area contributed by atoms with Crippen molar-refractivity contribution in [3.05, 3.63) is 66.0 Å². The molecule has 3 aliphatic heterocycles. The van der Waals surface area contributed by atoms with Crippen molar-refractivity contribution in [3.63, 3.8) is 0 Å². The van der Waals surface area contributed by atoms with Gasteiger partial charge in [-0.3, -0.25) is 14.7 Å². The summed E-state index contributed by atoms with van der Waals surface area (Å²) in [5, 5.41) is 0. The smallest absolute Gasteiger partial charge is 0.227 e. The summed E-state index contributed by atoms with van der Waals surface area (Å²) >= 11 is 0. The molecule has 1 amide bonds. The predicted octanol–water partition coefficient (Wildman–Crippen LogP) is 4.09. The lowest BCUT2D eigenvalue weighted by Crippen LogP contribution is -2.44. The number of carbonyl (C=O) groups excluding carboxylic acids is 1. The zero-order valence-electron chi connectivity index (χ0n) is 17.1. The standard InChI is InChI=1S/C25H31N3O/c29-25(27-14-10-19(11-15-27)16-20-6-4-12-26-18-20)22-17-24(21-7-2-1-3-8-21)28-13-5-9-23(22)28/h1-4,6-8,12,18-19,22-24H,5,9-11,13-17H2/t22-,23+,24-/m1/s1. The van der Waals surface area contributed by atoms with Gasteiger partial charge in [0.25, 0.3) is 0 Å². The van der Waals surface area contributed by atoms with Crippen LogP contribution < -0.4 is 0 Å². The number of fused-ring (bicyclic) bond motifs is 1. The number of nitrogens with zero attached hydrogens (tertiary/aromatic N) is 3. The largest absolute Gasteiger partial charge is 0.342 e. The molecule has 3 saturated heterocycles. The van der Waals surface area contributed by atoms with Crippen LogP contribution >= 0.6 is 0 Å². The van der Waals surface area contributed by atoms with Crippen LogP contribution in [0.1, 0.15) is 49.3 Å². The maximum absolute atomic E-state index is 13.5. The summed E-state index contributed by atoms with van der Waals surface area (Å²) in [5.41, 5.74) is 2.70. The zero-order chi connectivity index (χ0) is 19.6. The van der Waals surface area contributed by atoms with Gasteiger partial charge in [-0.15, -0.1) is 0 Å². The highest BCUT2D eigenvalue weighted by molar-refractivity contribution is 5.80. The molecule has 0 unspecified atom stereocenters. The van der Waals surface area contributed by atoms with Crippen molar-refractivity contribution in [3.8, 4) is 0 Å². The molecule has 5 rings (SSSR count). The van der Waals surface area contributed by atoms with Crippen molar-refractivity contribution < 1.29 is 4.79 Å². The van der Waals surface area contributed by atoms with E-state index in [-0.39, 0.29) is 5.92 Å². The highest BCUT2D eigenvalue weighted by Gasteiger charge is 2.48. The van der Waals surface area contributed by atoms with Crippen LogP contribution in [-0.4, -0.2) is 46.4 Å². The van der Waals surface area contributed by atoms with Gasteiger partial charge in [0.15, 0.2) is 0 Å². The molecule has 1 aromatic carbocycles. The Labute approximate surface area is 173 Å². The van der Waals surface area contributed by atoms with Gasteiger partial charge in [-0.05, 0) is 68.2 Å². The van der Waals surface area contributed by atoms with Crippen molar-refractivity contribution in [1.29, 1.82) is 0 Å². The van der Waals surface area contributed by atoms with E-state index in [4.69, 9.17) is 0 Å². The van der Waals surface area contributed by atoms with Crippen LogP contribution in [0, 0.1) is 11.8 Å². The first-order chi connectivity index (χ1) is 14.3. The topological polar surface area (TPSA) is 36.4 Å². The summed E-state index contributed by atoms with van der Waals surface area (Å²) in [5.74, 6) is 1.27. The molecule has 4 nitrogen and oxygen atoms in total. The highest BCUT2D eigenvalue weighted by atomic mass is 16.2. The summed E-state index contributed by atoms with van der Waals surface area (Å²) in [6.45, 7) is 2.98. The van der Waals surface area contributed by atoms with Crippen LogP contribution in [0.5, 0.6) is 0 Å². The number of aromatic nitrogens is 1. The third-order valence-corrected chi connectivity index (χ3v) is 7.36. The number of piperidine rings is 1. The molecule has 29 heavy (non-hydrogen) atoms. The van der Waals surface area contributed by atoms with E-state index in [1.807, 2.05) is 18.5 Å². The van der Waals surface area contributed by atoms with E-state index in [0.29, 0.717) is 23.9 Å². The third kappa shape index (κ3) is 3.83. The molecule has 3 aliphatic rings. The third-order valence-electron chi connectivity index (χ3n) is 7.36. The normalized spacial score (nSPS) is 27.9. The van der Waals surface area contributed by atoms with Gasteiger partial charge in [0.1, 0.15) is 0 Å². The van der Waals surface area contributed by atoms with Crippen molar-refractivity contribution >= 4 is 5.91 Å². The Bertz CT molecular complexity index is 816. The summed E-state index contributed by atoms with van der Waals surface area (Å²) in [6.07, 6.45) is 10.5. The first-order valence-electron chi connectivity index (χ1n) is 11.3. The molecule has 0 spiro atoms. The van der Waals surface area contributed by atoms with Crippen molar-refractivity contribution in [2.75, 3.05) is 19.6 Å². The lowest BCUT2D eigenvalue weighted by Gasteiger charge is -2.34. The Balaban J connectivity index is 1.22. The first kappa shape index (κ1) is 18.8. The number of hydrogen-bond acceptors (Lipinski definition) is 3. The van der Waals surface area contributed by atoms with E-state index in [1.165, 1.54) is 24.0 Å². The van der Waals surface area contributed by atoms with Crippen LogP contribution in [-0.2, 0) is 11.2 Å². The maximum Gasteiger partial charge on any atom is 0.227 e. The van der Waals surface area contributed by atoms with Gasteiger partial charge < -0.3 is 4.90 Å². The van der Waals surface area contributed by atoms with Gasteiger partial charge in [-0.25, -0.2) is 0 Å². The summed E-state index contributed by atoms with van der Waals surface area (Å²) < 4.78 is 0. The second-order valence-corrected chi connectivity index (χ2v) is 9.05. The van der Waals surface area contributed by atoms with Crippen molar-refractivity contribution in [1.82, 2.24) is 14.8 Å². The SMILES string of the molecule is O=C([C@@H]1C[C@H](c2ccccc2)N2CCC[C@@H]12)N1CCC(Cc2cccnc2)CC1. The van der Waals surface area contributed by atoms with Gasteiger partial charge in [-0.1, -0.05) is 36.4 Å². The Hall–Kier alpha value is -2.20. The van der Waals surface area contributed by atoms with E-state index in [9.17, 15) is 4.79 Å². The number of pyridine rings is 1. The number of rotatable bonds is 4. The molecule has 0 aliphatic carbocycles. The quantitative estimate of drug-likeness (QED) is 0.790. The molecule has 0 N–H and O–H groups in total. The van der Waals surface area contributed by atoms with E-state index in [2.05, 4.69) is 51.2 Å². The monoisotopic (exact) mass is 389 g/mol. The molecule has 3 atom stereocenters. The fraction of sp³-hybridized carbons (Fsp3) is 0.520. The summed E-state index contributed by atoms with van der Waals surface area (Å²) in [4.78, 5) is 22.5. The lowest BCUT2D eigenvalue weighted by atomic mass is 9.88. The Kier molecular flexibility index (Phi) is 5.36.